The number of hydrogen-bond acceptors (Lipinski definition) is 1. The van der Waals surface area contributed by atoms with E-state index in [2.05, 4.69) is 9.97 Å². The summed E-state index contributed by atoms with van der Waals surface area (Å²) in [6.07, 6.45) is 0. The van der Waals surface area contributed by atoms with Crippen LogP contribution >= 0.6 is 46.4 Å². The molecule has 0 spiro atoms. The van der Waals surface area contributed by atoms with Gasteiger partial charge in [0.05, 0.1) is 10.5 Å². The monoisotopic (exact) mass is 286 g/mol. The average molecular weight is 288 g/mol. The molecular weight excluding hydrogens is 285 g/mol. The highest BCUT2D eigenvalue weighted by molar-refractivity contribution is 6.66. The van der Waals surface area contributed by atoms with Gasteiger partial charge < -0.3 is 4.98 Å². The van der Waals surface area contributed by atoms with E-state index in [4.69, 9.17) is 46.4 Å². The number of halogens is 5. The Labute approximate surface area is 104 Å². The van der Waals surface area contributed by atoms with E-state index in [9.17, 15) is 4.39 Å². The second-order valence-corrected chi connectivity index (χ2v) is 5.52. The first kappa shape index (κ1) is 11.3. The molecule has 0 saturated heterocycles. The molecule has 0 atom stereocenters. The van der Waals surface area contributed by atoms with Crippen molar-refractivity contribution < 1.29 is 4.39 Å². The second-order valence-electron chi connectivity index (χ2n) is 2.84. The number of aromatic nitrogens is 2. The molecule has 1 heterocycles. The summed E-state index contributed by atoms with van der Waals surface area (Å²) >= 11 is 22.6. The van der Waals surface area contributed by atoms with Gasteiger partial charge in [-0.05, 0) is 12.1 Å². The Morgan fingerprint density at radius 2 is 1.93 bits per heavy atom. The van der Waals surface area contributed by atoms with E-state index in [-0.39, 0.29) is 11.3 Å². The molecule has 0 saturated carbocycles. The number of fused-ring (bicyclic) bond motifs is 1. The van der Waals surface area contributed by atoms with Gasteiger partial charge in [0.25, 0.3) is 0 Å². The number of nitrogens with one attached hydrogen (secondary N) is 1. The van der Waals surface area contributed by atoms with Crippen molar-refractivity contribution >= 4 is 57.4 Å². The molecule has 0 aliphatic heterocycles. The lowest BCUT2D eigenvalue weighted by atomic mass is 10.3. The second kappa shape index (κ2) is 3.67. The van der Waals surface area contributed by atoms with Gasteiger partial charge in [-0.25, -0.2) is 9.37 Å². The van der Waals surface area contributed by atoms with Crippen LogP contribution in [0.2, 0.25) is 5.02 Å². The molecule has 0 amide bonds. The lowest BCUT2D eigenvalue weighted by Crippen LogP contribution is -2.02. The van der Waals surface area contributed by atoms with Crippen LogP contribution in [0.15, 0.2) is 12.1 Å². The van der Waals surface area contributed by atoms with Crippen molar-refractivity contribution in [2.75, 3.05) is 0 Å². The Kier molecular flexibility index (Phi) is 2.75. The molecule has 0 unspecified atom stereocenters. The number of imidazole rings is 1. The Balaban J connectivity index is 2.76. The van der Waals surface area contributed by atoms with E-state index in [0.29, 0.717) is 10.5 Å². The standard InChI is InChI=1S/C8H3Cl4FN2/c9-3-1-2-4(13)6-5(3)14-7(15-6)8(10,11)12/h1-2H,(H,14,15). The van der Waals surface area contributed by atoms with Crippen LogP contribution in [0.3, 0.4) is 0 Å². The Morgan fingerprint density at radius 1 is 1.27 bits per heavy atom. The molecule has 0 aliphatic carbocycles. The van der Waals surface area contributed by atoms with Crippen LogP contribution in [0.25, 0.3) is 11.0 Å². The van der Waals surface area contributed by atoms with Gasteiger partial charge in [-0.3, -0.25) is 0 Å². The minimum atomic E-state index is -1.73. The lowest BCUT2D eigenvalue weighted by Gasteiger charge is -2.04. The van der Waals surface area contributed by atoms with E-state index in [1.165, 1.54) is 12.1 Å². The molecule has 7 heteroatoms. The highest BCUT2D eigenvalue weighted by Crippen LogP contribution is 2.38. The zero-order valence-electron chi connectivity index (χ0n) is 6.99. The van der Waals surface area contributed by atoms with Gasteiger partial charge in [0, 0.05) is 0 Å². The predicted octanol–water partition coefficient (Wildman–Crippen LogP) is 4.18. The van der Waals surface area contributed by atoms with E-state index in [1.54, 1.807) is 0 Å². The molecule has 2 aromatic rings. The maximum Gasteiger partial charge on any atom is 0.248 e. The number of nitrogens with zero attached hydrogens (tertiary/aromatic N) is 1. The Bertz CT molecular complexity index is 478. The van der Waals surface area contributed by atoms with Crippen LogP contribution in [0.1, 0.15) is 5.82 Å². The van der Waals surface area contributed by atoms with Crippen LogP contribution in [0.5, 0.6) is 0 Å². The quantitative estimate of drug-likeness (QED) is 0.724. The van der Waals surface area contributed by atoms with Crippen molar-refractivity contribution in [1.82, 2.24) is 9.97 Å². The third kappa shape index (κ3) is 2.02. The summed E-state index contributed by atoms with van der Waals surface area (Å²) in [4.78, 5) is 6.50. The Hall–Kier alpha value is -0.220. The summed E-state index contributed by atoms with van der Waals surface area (Å²) in [5.41, 5.74) is 0.377. The highest BCUT2D eigenvalue weighted by Gasteiger charge is 2.28. The Morgan fingerprint density at radius 3 is 2.47 bits per heavy atom. The van der Waals surface area contributed by atoms with Crippen molar-refractivity contribution in [1.29, 1.82) is 0 Å². The number of hydrogen-bond donors (Lipinski definition) is 1. The largest absolute Gasteiger partial charge is 0.337 e. The van der Waals surface area contributed by atoms with Gasteiger partial charge >= 0.3 is 0 Å². The third-order valence-corrected chi connectivity index (χ3v) is 2.67. The van der Waals surface area contributed by atoms with Crippen molar-refractivity contribution in [3.8, 4) is 0 Å². The molecular formula is C8H3Cl4FN2. The van der Waals surface area contributed by atoms with Crippen LogP contribution in [0.4, 0.5) is 4.39 Å². The molecule has 1 aromatic carbocycles. The van der Waals surface area contributed by atoms with E-state index in [1.807, 2.05) is 0 Å². The molecule has 0 aliphatic rings. The summed E-state index contributed by atoms with van der Waals surface area (Å²) in [6, 6.07) is 2.60. The first-order chi connectivity index (χ1) is 6.89. The van der Waals surface area contributed by atoms with Crippen molar-refractivity contribution in [3.63, 3.8) is 0 Å². The topological polar surface area (TPSA) is 28.7 Å². The van der Waals surface area contributed by atoms with Gasteiger partial charge in [0.1, 0.15) is 5.52 Å². The van der Waals surface area contributed by atoms with Crippen LogP contribution < -0.4 is 0 Å². The molecule has 1 N–H and O–H groups in total. The summed E-state index contributed by atoms with van der Waals surface area (Å²) in [6.45, 7) is 0. The SMILES string of the molecule is Fc1ccc(Cl)c2[nH]c(C(Cl)(Cl)Cl)nc12. The number of alkyl halides is 3. The number of benzene rings is 1. The first-order valence-corrected chi connectivity index (χ1v) is 5.31. The summed E-state index contributed by atoms with van der Waals surface area (Å²) in [5.74, 6) is -0.486. The molecule has 15 heavy (non-hydrogen) atoms. The van der Waals surface area contributed by atoms with Gasteiger partial charge in [-0.2, -0.15) is 0 Å². The van der Waals surface area contributed by atoms with Crippen molar-refractivity contribution in [3.05, 3.63) is 28.8 Å². The number of rotatable bonds is 0. The van der Waals surface area contributed by atoms with Gasteiger partial charge in [0.2, 0.25) is 3.79 Å². The highest BCUT2D eigenvalue weighted by atomic mass is 35.6. The van der Waals surface area contributed by atoms with Gasteiger partial charge in [0.15, 0.2) is 11.6 Å². The van der Waals surface area contributed by atoms with Crippen LogP contribution in [-0.2, 0) is 3.79 Å². The van der Waals surface area contributed by atoms with Crippen LogP contribution in [-0.4, -0.2) is 9.97 Å². The van der Waals surface area contributed by atoms with Crippen molar-refractivity contribution in [2.24, 2.45) is 0 Å². The minimum absolute atomic E-state index is 0.0366. The summed E-state index contributed by atoms with van der Waals surface area (Å²) < 4.78 is 11.6. The van der Waals surface area contributed by atoms with Crippen molar-refractivity contribution in [2.45, 2.75) is 3.79 Å². The van der Waals surface area contributed by atoms with E-state index >= 15 is 0 Å². The average Bonchev–Trinajstić information content (AvgIpc) is 2.56. The smallest absolute Gasteiger partial charge is 0.248 e. The zero-order valence-corrected chi connectivity index (χ0v) is 10.0. The fourth-order valence-corrected chi connectivity index (χ4v) is 1.63. The lowest BCUT2D eigenvalue weighted by molar-refractivity contribution is 0.637. The van der Waals surface area contributed by atoms with Gasteiger partial charge in [-0.1, -0.05) is 46.4 Å². The van der Waals surface area contributed by atoms with E-state index in [0.717, 1.165) is 0 Å². The molecule has 1 aromatic heterocycles. The molecule has 0 radical (unpaired) electrons. The fraction of sp³-hybridized carbons (Fsp3) is 0.125. The number of H-pyrrole nitrogens is 1. The fourth-order valence-electron chi connectivity index (χ4n) is 1.16. The molecule has 0 fully saturated rings. The predicted molar refractivity (Wildman–Crippen MR) is 60.3 cm³/mol. The van der Waals surface area contributed by atoms with Crippen LogP contribution in [0, 0.1) is 5.82 Å². The van der Waals surface area contributed by atoms with E-state index < -0.39 is 9.61 Å². The summed E-state index contributed by atoms with van der Waals surface area (Å²) in [5, 5.41) is 0.319. The summed E-state index contributed by atoms with van der Waals surface area (Å²) in [7, 11) is 0. The third-order valence-electron chi connectivity index (χ3n) is 1.81. The zero-order chi connectivity index (χ0) is 11.2. The van der Waals surface area contributed by atoms with Gasteiger partial charge in [-0.15, -0.1) is 0 Å². The minimum Gasteiger partial charge on any atom is -0.337 e. The maximum absolute atomic E-state index is 13.3. The molecule has 80 valence electrons. The normalized spacial score (nSPS) is 12.3. The molecule has 2 nitrogen and oxygen atoms in total. The number of aromatic amines is 1. The molecule has 0 bridgehead atoms. The first-order valence-electron chi connectivity index (χ1n) is 3.80. The maximum atomic E-state index is 13.3. The molecule has 2 rings (SSSR count).